The predicted octanol–water partition coefficient (Wildman–Crippen LogP) is 8.78. The highest BCUT2D eigenvalue weighted by atomic mass is 35.5. The number of pyridine rings is 4. The van der Waals surface area contributed by atoms with E-state index in [-0.39, 0.29) is 29.6 Å². The molecular formula is C50H55ClN8O8. The van der Waals surface area contributed by atoms with E-state index in [0.717, 1.165) is 40.0 Å². The first-order valence-corrected chi connectivity index (χ1v) is 21.5. The summed E-state index contributed by atoms with van der Waals surface area (Å²) in [5.74, 6) is -2.22. The van der Waals surface area contributed by atoms with Crippen LogP contribution in [0.5, 0.6) is 0 Å². The van der Waals surface area contributed by atoms with Crippen molar-refractivity contribution in [3.8, 4) is 0 Å². The number of carbonyl (C=O) groups excluding carboxylic acids is 3. The average molecular weight is 931 g/mol. The zero-order valence-electron chi connectivity index (χ0n) is 38.9. The number of ketones is 2. The molecule has 16 nitrogen and oxygen atoms in total. The first kappa shape index (κ1) is 51.9. The number of Topliss-reactive ketones (excluding diaryl/α,β-unsaturated/α-hetero) is 2. The van der Waals surface area contributed by atoms with Gasteiger partial charge in [0.2, 0.25) is 0 Å². The summed E-state index contributed by atoms with van der Waals surface area (Å²) in [6, 6.07) is 25.3. The lowest BCUT2D eigenvalue weighted by molar-refractivity contribution is -0.144. The topological polar surface area (TPSA) is 226 Å². The van der Waals surface area contributed by atoms with Crippen molar-refractivity contribution in [2.24, 2.45) is 0 Å². The first-order valence-electron chi connectivity index (χ1n) is 21.1. The average Bonchev–Trinajstić information content (AvgIpc) is 3.90. The van der Waals surface area contributed by atoms with Crippen LogP contribution in [0, 0.1) is 48.5 Å². The molecule has 8 rings (SSSR count). The molecule has 8 aromatic rings. The van der Waals surface area contributed by atoms with Crippen molar-refractivity contribution in [1.82, 2.24) is 33.1 Å². The number of benzene rings is 1. The van der Waals surface area contributed by atoms with E-state index >= 15 is 0 Å². The smallest absolute Gasteiger partial charge is 0.354 e. The van der Waals surface area contributed by atoms with E-state index in [2.05, 4.69) is 36.8 Å². The molecule has 0 saturated heterocycles. The number of alkyl halides is 1. The summed E-state index contributed by atoms with van der Waals surface area (Å²) >= 11 is 5.32. The Bertz CT molecular complexity index is 2920. The number of halogens is 1. The van der Waals surface area contributed by atoms with E-state index in [1.165, 1.54) is 12.5 Å². The summed E-state index contributed by atoms with van der Waals surface area (Å²) in [6.07, 6.45) is 8.36. The Morgan fingerprint density at radius 3 is 1.43 bits per heavy atom. The van der Waals surface area contributed by atoms with Gasteiger partial charge in [-0.25, -0.2) is 34.3 Å². The van der Waals surface area contributed by atoms with Crippen LogP contribution in [-0.4, -0.2) is 84.8 Å². The van der Waals surface area contributed by atoms with Crippen LogP contribution in [0.15, 0.2) is 104 Å². The van der Waals surface area contributed by atoms with Crippen LogP contribution in [-0.2, 0) is 20.7 Å². The highest BCUT2D eigenvalue weighted by Crippen LogP contribution is 2.18. The van der Waals surface area contributed by atoms with Crippen LogP contribution >= 0.6 is 11.6 Å². The molecule has 17 heteroatoms. The Balaban J connectivity index is 0.000000190. The summed E-state index contributed by atoms with van der Waals surface area (Å²) in [4.78, 5) is 72.1. The lowest BCUT2D eigenvalue weighted by Crippen LogP contribution is -2.24. The second-order valence-electron chi connectivity index (χ2n) is 15.4. The Morgan fingerprint density at radius 1 is 0.642 bits per heavy atom. The monoisotopic (exact) mass is 930 g/mol. The number of carboxylic acids is 2. The third-order valence-electron chi connectivity index (χ3n) is 9.81. The molecule has 1 aromatic carbocycles. The van der Waals surface area contributed by atoms with Gasteiger partial charge in [-0.05, 0) is 145 Å². The first-order chi connectivity index (χ1) is 31.7. The van der Waals surface area contributed by atoms with E-state index in [1.807, 2.05) is 112 Å². The second kappa shape index (κ2) is 24.0. The lowest BCUT2D eigenvalue weighted by atomic mass is 10.1. The number of aromatic nitrogens is 7. The van der Waals surface area contributed by atoms with Crippen molar-refractivity contribution in [1.29, 1.82) is 0 Å². The van der Waals surface area contributed by atoms with Gasteiger partial charge in [0.05, 0.1) is 23.7 Å². The van der Waals surface area contributed by atoms with Gasteiger partial charge in [0, 0.05) is 31.2 Å². The van der Waals surface area contributed by atoms with Crippen molar-refractivity contribution < 1.29 is 38.9 Å². The fourth-order valence-electron chi connectivity index (χ4n) is 6.61. The number of anilines is 1. The van der Waals surface area contributed by atoms with Crippen molar-refractivity contribution in [2.45, 2.75) is 80.5 Å². The molecule has 0 spiro atoms. The predicted molar refractivity (Wildman–Crippen MR) is 257 cm³/mol. The van der Waals surface area contributed by atoms with Gasteiger partial charge in [0.1, 0.15) is 28.5 Å². The second-order valence-corrected chi connectivity index (χ2v) is 15.9. The van der Waals surface area contributed by atoms with Crippen LogP contribution in [0.4, 0.5) is 5.82 Å². The number of esters is 1. The molecule has 1 atom stereocenters. The number of fused-ring (bicyclic) bond motifs is 3. The minimum absolute atomic E-state index is 0.146. The molecule has 0 aliphatic heterocycles. The molecule has 1 unspecified atom stereocenters. The number of nitrogens with zero attached hydrogens (tertiary/aromatic N) is 7. The SMILES string of the molecule is CCOC(=O)C(Cl)C(C)=O.Cc1ccn2c(C(=O)CCc3ccccc3)c(C)nc2c1.Cc1ccn2c(C(=O)O)c(C)nc2c1.Cc1ccn2c(C(=O)O)c(C)nc2c1.Cc1ccnc(N)c1. The molecular weight excluding hydrogens is 876 g/mol. The van der Waals surface area contributed by atoms with Crippen molar-refractivity contribution in [2.75, 3.05) is 12.3 Å². The number of imidazole rings is 3. The molecule has 350 valence electrons. The number of hydrogen-bond donors (Lipinski definition) is 3. The molecule has 0 fully saturated rings. The van der Waals surface area contributed by atoms with Gasteiger partial charge in [-0.1, -0.05) is 30.3 Å². The zero-order valence-corrected chi connectivity index (χ0v) is 39.7. The van der Waals surface area contributed by atoms with E-state index in [1.54, 1.807) is 48.2 Å². The molecule has 0 aliphatic rings. The normalized spacial score (nSPS) is 10.8. The summed E-state index contributed by atoms with van der Waals surface area (Å²) in [6.45, 7) is 16.4. The number of hydrogen-bond acceptors (Lipinski definition) is 11. The van der Waals surface area contributed by atoms with Gasteiger partial charge in [-0.3, -0.25) is 22.8 Å². The van der Waals surface area contributed by atoms with E-state index in [0.29, 0.717) is 40.6 Å². The molecule has 0 bridgehead atoms. The maximum atomic E-state index is 12.5. The molecule has 0 radical (unpaired) electrons. The Labute approximate surface area is 393 Å². The van der Waals surface area contributed by atoms with Crippen molar-refractivity contribution >= 4 is 63.8 Å². The lowest BCUT2D eigenvalue weighted by Gasteiger charge is -2.03. The number of rotatable bonds is 9. The summed E-state index contributed by atoms with van der Waals surface area (Å²) in [7, 11) is 0. The summed E-state index contributed by atoms with van der Waals surface area (Å²) in [5, 5.41) is 16.8. The number of nitrogen functional groups attached to an aromatic ring is 1. The van der Waals surface area contributed by atoms with E-state index in [4.69, 9.17) is 27.5 Å². The number of nitrogens with two attached hydrogens (primary N) is 1. The zero-order chi connectivity index (χ0) is 49.5. The van der Waals surface area contributed by atoms with Gasteiger partial charge < -0.3 is 20.7 Å². The van der Waals surface area contributed by atoms with Crippen LogP contribution < -0.4 is 5.73 Å². The molecule has 0 aliphatic carbocycles. The van der Waals surface area contributed by atoms with Crippen LogP contribution in [0.1, 0.15) is 96.6 Å². The molecule has 4 N–H and O–H groups in total. The largest absolute Gasteiger partial charge is 0.477 e. The quantitative estimate of drug-likeness (QED) is 0.0533. The number of carboxylic acid groups (broad SMARTS) is 2. The molecule has 67 heavy (non-hydrogen) atoms. The fourth-order valence-corrected chi connectivity index (χ4v) is 6.67. The van der Waals surface area contributed by atoms with Gasteiger partial charge >= 0.3 is 17.9 Å². The maximum Gasteiger partial charge on any atom is 0.354 e. The minimum Gasteiger partial charge on any atom is -0.477 e. The van der Waals surface area contributed by atoms with Gasteiger partial charge in [0.25, 0.3) is 0 Å². The van der Waals surface area contributed by atoms with Crippen LogP contribution in [0.3, 0.4) is 0 Å². The Hall–Kier alpha value is -7.72. The molecule has 0 saturated carbocycles. The number of carbonyl (C=O) groups is 5. The number of ether oxygens (including phenoxy) is 1. The summed E-state index contributed by atoms with van der Waals surface area (Å²) < 4.78 is 9.55. The van der Waals surface area contributed by atoms with E-state index in [9.17, 15) is 24.0 Å². The van der Waals surface area contributed by atoms with Crippen molar-refractivity contribution in [3.63, 3.8) is 0 Å². The van der Waals surface area contributed by atoms with Gasteiger partial charge in [-0.2, -0.15) is 0 Å². The van der Waals surface area contributed by atoms with Gasteiger partial charge in [-0.15, -0.1) is 11.6 Å². The third kappa shape index (κ3) is 14.4. The Morgan fingerprint density at radius 2 is 1.06 bits per heavy atom. The highest BCUT2D eigenvalue weighted by molar-refractivity contribution is 6.40. The number of aromatic carboxylic acids is 2. The fraction of sp³-hybridized carbons (Fsp3) is 0.260. The molecule has 0 amide bonds. The van der Waals surface area contributed by atoms with Crippen LogP contribution in [0.2, 0.25) is 0 Å². The minimum atomic E-state index is -1.14. The molecule has 7 aromatic heterocycles. The molecule has 7 heterocycles. The third-order valence-corrected chi connectivity index (χ3v) is 10.3. The standard InChI is InChI=1S/C18H18N2O.2C10H10N2O2.C6H9ClO3.C6H8N2/c1-13-10-11-20-17(12-13)19-14(2)18(20)16(21)9-8-15-6-4-3-5-7-15;2*1-6-3-4-12-8(5-6)11-7(2)9(12)10(13)14;1-3-10-6(9)5(7)4(2)8;1-5-2-3-8-6(7)4-5/h3-7,10-12H,8-9H2,1-2H3;2*3-5H,1-2H3,(H,13,14);5H,3H2,1-2H3;2-4H,1H3,(H2,7,8). The van der Waals surface area contributed by atoms with E-state index < -0.39 is 23.3 Å². The van der Waals surface area contributed by atoms with Crippen molar-refractivity contribution in [3.05, 3.63) is 166 Å². The van der Waals surface area contributed by atoms with Crippen LogP contribution in [0.25, 0.3) is 16.9 Å². The Kier molecular flexibility index (Phi) is 18.6. The maximum absolute atomic E-state index is 12.5. The van der Waals surface area contributed by atoms with Gasteiger partial charge in [0.15, 0.2) is 28.3 Å². The number of aryl methyl sites for hydroxylation is 8. The highest BCUT2D eigenvalue weighted by Gasteiger charge is 2.21. The summed E-state index contributed by atoms with van der Waals surface area (Å²) in [5.41, 5.74) is 16.3.